The van der Waals surface area contributed by atoms with Crippen molar-refractivity contribution in [3.8, 4) is 0 Å². The van der Waals surface area contributed by atoms with Crippen LogP contribution in [-0.2, 0) is 14.3 Å². The molecule has 1 aromatic carbocycles. The van der Waals surface area contributed by atoms with E-state index in [0.29, 0.717) is 24.5 Å². The van der Waals surface area contributed by atoms with Crippen LogP contribution in [0.4, 0.5) is 5.69 Å². The summed E-state index contributed by atoms with van der Waals surface area (Å²) < 4.78 is 10.4. The minimum absolute atomic E-state index is 0.134. The predicted molar refractivity (Wildman–Crippen MR) is 79.2 cm³/mol. The topological polar surface area (TPSA) is 64.6 Å². The van der Waals surface area contributed by atoms with E-state index in [-0.39, 0.29) is 18.0 Å². The minimum atomic E-state index is -0.358. The Bertz CT molecular complexity index is 478. The molecule has 0 radical (unpaired) electrons. The van der Waals surface area contributed by atoms with Crippen LogP contribution in [0.3, 0.4) is 0 Å². The van der Waals surface area contributed by atoms with Crippen molar-refractivity contribution in [2.45, 2.75) is 38.7 Å². The Labute approximate surface area is 124 Å². The zero-order chi connectivity index (χ0) is 15.1. The number of anilines is 1. The molecule has 114 valence electrons. The molecule has 1 fully saturated rings. The molecule has 1 aromatic rings. The van der Waals surface area contributed by atoms with E-state index in [1.54, 1.807) is 24.3 Å². The van der Waals surface area contributed by atoms with E-state index < -0.39 is 0 Å². The average Bonchev–Trinajstić information content (AvgIpc) is 3.02. The molecule has 0 bridgehead atoms. The molecule has 1 amide bonds. The molecule has 1 atom stereocenters. The quantitative estimate of drug-likeness (QED) is 0.646. The maximum Gasteiger partial charge on any atom is 0.338 e. The predicted octanol–water partition coefficient (Wildman–Crippen LogP) is 2.76. The van der Waals surface area contributed by atoms with Crippen molar-refractivity contribution in [1.82, 2.24) is 0 Å². The van der Waals surface area contributed by atoms with E-state index in [9.17, 15) is 9.59 Å². The van der Waals surface area contributed by atoms with Gasteiger partial charge in [-0.15, -0.1) is 0 Å². The van der Waals surface area contributed by atoms with Gasteiger partial charge in [-0.05, 0) is 43.5 Å². The molecule has 5 heteroatoms. The third-order valence-electron chi connectivity index (χ3n) is 3.34. The molecule has 0 spiro atoms. The molecule has 0 aliphatic carbocycles. The van der Waals surface area contributed by atoms with Crippen molar-refractivity contribution < 1.29 is 19.1 Å². The Kier molecular flexibility index (Phi) is 5.75. The third kappa shape index (κ3) is 4.56. The van der Waals surface area contributed by atoms with Gasteiger partial charge in [0.05, 0.1) is 12.2 Å². The van der Waals surface area contributed by atoms with Crippen LogP contribution in [0.5, 0.6) is 0 Å². The van der Waals surface area contributed by atoms with Gasteiger partial charge in [0, 0.05) is 12.3 Å². The first kappa shape index (κ1) is 15.5. The van der Waals surface area contributed by atoms with E-state index >= 15 is 0 Å². The largest absolute Gasteiger partial charge is 0.462 e. The third-order valence-corrected chi connectivity index (χ3v) is 3.34. The fourth-order valence-corrected chi connectivity index (χ4v) is 2.09. The Balaban J connectivity index is 1.86. The Hall–Kier alpha value is -1.88. The van der Waals surface area contributed by atoms with E-state index in [2.05, 4.69) is 5.32 Å². The molecular formula is C16H21NO4. The van der Waals surface area contributed by atoms with Gasteiger partial charge in [0.1, 0.15) is 6.10 Å². The van der Waals surface area contributed by atoms with Crippen LogP contribution >= 0.6 is 0 Å². The first-order valence-electron chi connectivity index (χ1n) is 7.40. The molecular weight excluding hydrogens is 270 g/mol. The fourth-order valence-electron chi connectivity index (χ4n) is 2.09. The van der Waals surface area contributed by atoms with Crippen LogP contribution < -0.4 is 5.32 Å². The highest BCUT2D eigenvalue weighted by Crippen LogP contribution is 2.16. The number of hydrogen-bond acceptors (Lipinski definition) is 4. The summed E-state index contributed by atoms with van der Waals surface area (Å²) in [5.41, 5.74) is 1.14. The average molecular weight is 291 g/mol. The minimum Gasteiger partial charge on any atom is -0.462 e. The zero-order valence-corrected chi connectivity index (χ0v) is 12.3. The van der Waals surface area contributed by atoms with Gasteiger partial charge in [-0.3, -0.25) is 4.79 Å². The highest BCUT2D eigenvalue weighted by molar-refractivity contribution is 5.95. The van der Waals surface area contributed by atoms with Gasteiger partial charge >= 0.3 is 5.97 Å². The SMILES string of the molecule is CCCCOC(=O)c1ccc(NC(=O)[C@H]2CCCO2)cc1. The van der Waals surface area contributed by atoms with Gasteiger partial charge in [0.2, 0.25) is 0 Å². The normalized spacial score (nSPS) is 17.5. The number of hydrogen-bond donors (Lipinski definition) is 1. The number of ether oxygens (including phenoxy) is 2. The summed E-state index contributed by atoms with van der Waals surface area (Å²) >= 11 is 0. The molecule has 0 aromatic heterocycles. The second-order valence-corrected chi connectivity index (χ2v) is 5.06. The number of benzene rings is 1. The lowest BCUT2D eigenvalue weighted by Gasteiger charge is -2.10. The van der Waals surface area contributed by atoms with Gasteiger partial charge in [0.15, 0.2) is 0 Å². The van der Waals surface area contributed by atoms with Gasteiger partial charge < -0.3 is 14.8 Å². The van der Waals surface area contributed by atoms with Crippen LogP contribution in [-0.4, -0.2) is 31.2 Å². The zero-order valence-electron chi connectivity index (χ0n) is 12.3. The number of carbonyl (C=O) groups is 2. The molecule has 1 heterocycles. The van der Waals surface area contributed by atoms with Crippen LogP contribution in [0.25, 0.3) is 0 Å². The van der Waals surface area contributed by atoms with Gasteiger partial charge in [0.25, 0.3) is 5.91 Å². The van der Waals surface area contributed by atoms with Crippen molar-refractivity contribution in [3.05, 3.63) is 29.8 Å². The summed E-state index contributed by atoms with van der Waals surface area (Å²) in [4.78, 5) is 23.6. The monoisotopic (exact) mass is 291 g/mol. The fraction of sp³-hybridized carbons (Fsp3) is 0.500. The molecule has 1 aliphatic heterocycles. The maximum atomic E-state index is 11.9. The lowest BCUT2D eigenvalue weighted by Crippen LogP contribution is -2.26. The Morgan fingerprint density at radius 3 is 2.71 bits per heavy atom. The number of nitrogens with one attached hydrogen (secondary N) is 1. The Morgan fingerprint density at radius 1 is 1.33 bits per heavy atom. The summed E-state index contributed by atoms with van der Waals surface area (Å²) in [6.45, 7) is 3.12. The summed E-state index contributed by atoms with van der Waals surface area (Å²) in [5, 5.41) is 2.79. The maximum absolute atomic E-state index is 11.9. The van der Waals surface area contributed by atoms with E-state index in [1.165, 1.54) is 0 Å². The number of esters is 1. The Morgan fingerprint density at radius 2 is 2.10 bits per heavy atom. The van der Waals surface area contributed by atoms with Crippen LogP contribution in [0, 0.1) is 0 Å². The standard InChI is InChI=1S/C16H21NO4/c1-2-3-10-21-16(19)12-6-8-13(9-7-12)17-15(18)14-5-4-11-20-14/h6-9,14H,2-5,10-11H2,1H3,(H,17,18)/t14-/m1/s1. The first-order chi connectivity index (χ1) is 10.2. The van der Waals surface area contributed by atoms with Crippen molar-refractivity contribution in [3.63, 3.8) is 0 Å². The van der Waals surface area contributed by atoms with Gasteiger partial charge in [-0.25, -0.2) is 4.79 Å². The smallest absolute Gasteiger partial charge is 0.338 e. The van der Waals surface area contributed by atoms with Crippen molar-refractivity contribution in [2.75, 3.05) is 18.5 Å². The second kappa shape index (κ2) is 7.78. The van der Waals surface area contributed by atoms with E-state index in [4.69, 9.17) is 9.47 Å². The summed E-state index contributed by atoms with van der Waals surface area (Å²) in [5.74, 6) is -0.466. The molecule has 1 aliphatic rings. The van der Waals surface area contributed by atoms with Crippen LogP contribution in [0.1, 0.15) is 43.0 Å². The molecule has 5 nitrogen and oxygen atoms in total. The molecule has 21 heavy (non-hydrogen) atoms. The molecule has 2 rings (SSSR count). The highest BCUT2D eigenvalue weighted by atomic mass is 16.5. The van der Waals surface area contributed by atoms with Gasteiger partial charge in [-0.2, -0.15) is 0 Å². The lowest BCUT2D eigenvalue weighted by molar-refractivity contribution is -0.124. The summed E-state index contributed by atoms with van der Waals surface area (Å²) in [7, 11) is 0. The number of rotatable bonds is 6. The number of carbonyl (C=O) groups excluding carboxylic acids is 2. The molecule has 1 saturated heterocycles. The number of unbranched alkanes of at least 4 members (excludes halogenated alkanes) is 1. The summed E-state index contributed by atoms with van der Waals surface area (Å²) in [6.07, 6.45) is 3.17. The molecule has 0 saturated carbocycles. The molecule has 1 N–H and O–H groups in total. The van der Waals surface area contributed by atoms with Crippen molar-refractivity contribution >= 4 is 17.6 Å². The van der Waals surface area contributed by atoms with Crippen LogP contribution in [0.2, 0.25) is 0 Å². The second-order valence-electron chi connectivity index (χ2n) is 5.06. The van der Waals surface area contributed by atoms with Crippen molar-refractivity contribution in [2.24, 2.45) is 0 Å². The van der Waals surface area contributed by atoms with Crippen LogP contribution in [0.15, 0.2) is 24.3 Å². The highest BCUT2D eigenvalue weighted by Gasteiger charge is 2.23. The van der Waals surface area contributed by atoms with E-state index in [0.717, 1.165) is 25.7 Å². The van der Waals surface area contributed by atoms with E-state index in [1.807, 2.05) is 6.92 Å². The summed E-state index contributed by atoms with van der Waals surface area (Å²) in [6, 6.07) is 6.70. The van der Waals surface area contributed by atoms with Gasteiger partial charge in [-0.1, -0.05) is 13.3 Å². The first-order valence-corrected chi connectivity index (χ1v) is 7.40. The lowest BCUT2D eigenvalue weighted by atomic mass is 10.2. The number of amides is 1. The van der Waals surface area contributed by atoms with Crippen molar-refractivity contribution in [1.29, 1.82) is 0 Å². The molecule has 0 unspecified atom stereocenters.